The van der Waals surface area contributed by atoms with E-state index in [1.807, 2.05) is 6.92 Å². The Morgan fingerprint density at radius 2 is 1.92 bits per heavy atom. The van der Waals surface area contributed by atoms with E-state index in [2.05, 4.69) is 10.5 Å². The second kappa shape index (κ2) is 9.31. The van der Waals surface area contributed by atoms with E-state index in [0.29, 0.717) is 29.4 Å². The van der Waals surface area contributed by atoms with Crippen LogP contribution in [-0.2, 0) is 11.2 Å². The van der Waals surface area contributed by atoms with Crippen LogP contribution in [0.25, 0.3) is 0 Å². The van der Waals surface area contributed by atoms with Crippen LogP contribution in [0.1, 0.15) is 18.1 Å². The highest BCUT2D eigenvalue weighted by Gasteiger charge is 2.08. The minimum Gasteiger partial charge on any atom is -0.507 e. The number of rotatable bonds is 8. The molecule has 26 heavy (non-hydrogen) atoms. The van der Waals surface area contributed by atoms with Gasteiger partial charge >= 0.3 is 0 Å². The van der Waals surface area contributed by atoms with E-state index in [1.54, 1.807) is 37.4 Å². The van der Waals surface area contributed by atoms with Crippen LogP contribution < -0.4 is 19.6 Å². The largest absolute Gasteiger partial charge is 0.507 e. The molecule has 0 aliphatic rings. The van der Waals surface area contributed by atoms with Gasteiger partial charge in [0.2, 0.25) is 5.91 Å². The van der Waals surface area contributed by atoms with Crippen LogP contribution in [0.5, 0.6) is 23.0 Å². The van der Waals surface area contributed by atoms with Gasteiger partial charge in [0.25, 0.3) is 0 Å². The first-order valence-electron chi connectivity index (χ1n) is 8.06. The predicted molar refractivity (Wildman–Crippen MR) is 98.3 cm³/mol. The van der Waals surface area contributed by atoms with Crippen molar-refractivity contribution in [2.75, 3.05) is 20.8 Å². The van der Waals surface area contributed by atoms with Crippen molar-refractivity contribution in [3.05, 3.63) is 47.5 Å². The van der Waals surface area contributed by atoms with E-state index in [4.69, 9.17) is 14.2 Å². The van der Waals surface area contributed by atoms with Gasteiger partial charge in [-0.25, -0.2) is 5.43 Å². The third kappa shape index (κ3) is 5.14. The quantitative estimate of drug-likeness (QED) is 0.559. The number of hydrazone groups is 1. The maximum absolute atomic E-state index is 12.0. The monoisotopic (exact) mass is 358 g/mol. The lowest BCUT2D eigenvalue weighted by molar-refractivity contribution is -0.120. The fourth-order valence-electron chi connectivity index (χ4n) is 2.28. The highest BCUT2D eigenvalue weighted by atomic mass is 16.5. The lowest BCUT2D eigenvalue weighted by Crippen LogP contribution is -2.19. The zero-order chi connectivity index (χ0) is 18.9. The van der Waals surface area contributed by atoms with Crippen molar-refractivity contribution in [3.63, 3.8) is 0 Å². The number of methoxy groups -OCH3 is 2. The number of phenolic OH excluding ortho intramolecular Hbond substituents is 1. The Bertz CT molecular complexity index is 789. The van der Waals surface area contributed by atoms with Crippen molar-refractivity contribution in [3.8, 4) is 23.0 Å². The second-order valence-corrected chi connectivity index (χ2v) is 5.31. The summed E-state index contributed by atoms with van der Waals surface area (Å²) < 4.78 is 15.7. The van der Waals surface area contributed by atoms with Crippen LogP contribution in [0.4, 0.5) is 0 Å². The standard InChI is InChI=1S/C19H22N2O5/c1-4-26-15-7-6-14(16(22)11-15)12-20-21-19(23)10-13-5-8-17(24-2)18(9-13)25-3/h5-9,11-12,22H,4,10H2,1-3H3,(H,21,23)/b20-12+. The smallest absolute Gasteiger partial charge is 0.244 e. The van der Waals surface area contributed by atoms with Crippen molar-refractivity contribution >= 4 is 12.1 Å². The first kappa shape index (κ1) is 19.1. The number of carbonyl (C=O) groups is 1. The number of nitrogens with one attached hydrogen (secondary N) is 1. The number of carbonyl (C=O) groups excluding carboxylic acids is 1. The molecule has 0 spiro atoms. The van der Waals surface area contributed by atoms with Gasteiger partial charge in [-0.15, -0.1) is 0 Å². The minimum atomic E-state index is -0.293. The van der Waals surface area contributed by atoms with E-state index >= 15 is 0 Å². The number of hydrogen-bond acceptors (Lipinski definition) is 6. The number of hydrogen-bond donors (Lipinski definition) is 2. The molecular formula is C19H22N2O5. The third-order valence-corrected chi connectivity index (χ3v) is 3.52. The molecule has 0 fully saturated rings. The summed E-state index contributed by atoms with van der Waals surface area (Å²) in [6, 6.07) is 10.1. The molecule has 2 aromatic carbocycles. The van der Waals surface area contributed by atoms with Gasteiger partial charge in [-0.3, -0.25) is 4.79 Å². The van der Waals surface area contributed by atoms with Crippen molar-refractivity contribution in [1.29, 1.82) is 0 Å². The minimum absolute atomic E-state index is 0.0221. The summed E-state index contributed by atoms with van der Waals surface area (Å²) in [5.41, 5.74) is 3.66. The van der Waals surface area contributed by atoms with Gasteiger partial charge in [0, 0.05) is 11.6 Å². The summed E-state index contributed by atoms with van der Waals surface area (Å²) in [6.07, 6.45) is 1.50. The molecule has 0 heterocycles. The fraction of sp³-hybridized carbons (Fsp3) is 0.263. The van der Waals surface area contributed by atoms with Gasteiger partial charge in [0.05, 0.1) is 33.5 Å². The van der Waals surface area contributed by atoms with Crippen molar-refractivity contribution in [2.24, 2.45) is 5.10 Å². The Morgan fingerprint density at radius 1 is 1.15 bits per heavy atom. The SMILES string of the molecule is CCOc1ccc(/C=N/NC(=O)Cc2ccc(OC)c(OC)c2)c(O)c1. The first-order valence-corrected chi connectivity index (χ1v) is 8.06. The number of phenols is 1. The summed E-state index contributed by atoms with van der Waals surface area (Å²) in [6.45, 7) is 2.37. The van der Waals surface area contributed by atoms with E-state index in [1.165, 1.54) is 19.4 Å². The molecule has 2 rings (SSSR count). The van der Waals surface area contributed by atoms with Crippen LogP contribution in [0.2, 0.25) is 0 Å². The average molecular weight is 358 g/mol. The fourth-order valence-corrected chi connectivity index (χ4v) is 2.28. The molecule has 1 amide bonds. The molecule has 2 aromatic rings. The Labute approximate surface area is 152 Å². The van der Waals surface area contributed by atoms with Crippen LogP contribution in [-0.4, -0.2) is 38.1 Å². The molecule has 7 heteroatoms. The Hall–Kier alpha value is -3.22. The molecular weight excluding hydrogens is 336 g/mol. The zero-order valence-electron chi connectivity index (χ0n) is 15.0. The van der Waals surface area contributed by atoms with Gasteiger partial charge in [-0.1, -0.05) is 6.07 Å². The van der Waals surface area contributed by atoms with Crippen LogP contribution in [0, 0.1) is 0 Å². The molecule has 0 saturated heterocycles. The van der Waals surface area contributed by atoms with Crippen molar-refractivity contribution in [1.82, 2.24) is 5.43 Å². The maximum Gasteiger partial charge on any atom is 0.244 e. The lowest BCUT2D eigenvalue weighted by Gasteiger charge is -2.09. The summed E-state index contributed by atoms with van der Waals surface area (Å²) >= 11 is 0. The average Bonchev–Trinajstić information content (AvgIpc) is 2.63. The van der Waals surface area contributed by atoms with E-state index in [0.717, 1.165) is 5.56 Å². The van der Waals surface area contributed by atoms with Crippen LogP contribution in [0.3, 0.4) is 0 Å². The van der Waals surface area contributed by atoms with Gasteiger partial charge in [-0.2, -0.15) is 5.10 Å². The van der Waals surface area contributed by atoms with Crippen molar-refractivity contribution in [2.45, 2.75) is 13.3 Å². The molecule has 0 bridgehead atoms. The molecule has 7 nitrogen and oxygen atoms in total. The molecule has 0 aliphatic carbocycles. The maximum atomic E-state index is 12.0. The summed E-state index contributed by atoms with van der Waals surface area (Å²) in [4.78, 5) is 12.0. The molecule has 0 aromatic heterocycles. The molecule has 2 N–H and O–H groups in total. The summed E-state index contributed by atoms with van der Waals surface area (Å²) in [5.74, 6) is 1.45. The van der Waals surface area contributed by atoms with Crippen molar-refractivity contribution < 1.29 is 24.1 Å². The predicted octanol–water partition coefficient (Wildman–Crippen LogP) is 2.50. The number of ether oxygens (including phenoxy) is 3. The number of aromatic hydroxyl groups is 1. The Balaban J connectivity index is 1.95. The van der Waals surface area contributed by atoms with Gasteiger partial charge in [0.1, 0.15) is 11.5 Å². The van der Waals surface area contributed by atoms with E-state index in [-0.39, 0.29) is 18.1 Å². The molecule has 0 radical (unpaired) electrons. The molecule has 0 atom stereocenters. The first-order chi connectivity index (χ1) is 12.6. The topological polar surface area (TPSA) is 89.4 Å². The number of amides is 1. The van der Waals surface area contributed by atoms with Gasteiger partial charge in [-0.05, 0) is 36.8 Å². The molecule has 138 valence electrons. The number of benzene rings is 2. The second-order valence-electron chi connectivity index (χ2n) is 5.31. The van der Waals surface area contributed by atoms with E-state index < -0.39 is 0 Å². The molecule has 0 saturated carbocycles. The number of nitrogens with zero attached hydrogens (tertiary/aromatic N) is 1. The lowest BCUT2D eigenvalue weighted by atomic mass is 10.1. The summed E-state index contributed by atoms with van der Waals surface area (Å²) in [7, 11) is 3.09. The van der Waals surface area contributed by atoms with Crippen LogP contribution >= 0.6 is 0 Å². The molecule has 0 unspecified atom stereocenters. The Kier molecular flexibility index (Phi) is 6.84. The van der Waals surface area contributed by atoms with Crippen LogP contribution in [0.15, 0.2) is 41.5 Å². The Morgan fingerprint density at radius 3 is 2.58 bits per heavy atom. The molecule has 0 aliphatic heterocycles. The normalized spacial score (nSPS) is 10.6. The van der Waals surface area contributed by atoms with Gasteiger partial charge in [0.15, 0.2) is 11.5 Å². The third-order valence-electron chi connectivity index (χ3n) is 3.52. The highest BCUT2D eigenvalue weighted by molar-refractivity contribution is 5.85. The highest BCUT2D eigenvalue weighted by Crippen LogP contribution is 2.27. The zero-order valence-corrected chi connectivity index (χ0v) is 15.0. The summed E-state index contributed by atoms with van der Waals surface area (Å²) in [5, 5.41) is 13.8. The van der Waals surface area contributed by atoms with E-state index in [9.17, 15) is 9.90 Å². The van der Waals surface area contributed by atoms with Gasteiger partial charge < -0.3 is 19.3 Å².